The highest BCUT2D eigenvalue weighted by Crippen LogP contribution is 2.62. The minimum absolute atomic E-state index is 0.137. The van der Waals surface area contributed by atoms with Gasteiger partial charge in [0.15, 0.2) is 0 Å². The van der Waals surface area contributed by atoms with Crippen LogP contribution in [-0.2, 0) is 38.6 Å². The van der Waals surface area contributed by atoms with Gasteiger partial charge < -0.3 is 28.7 Å². The highest BCUT2D eigenvalue weighted by Gasteiger charge is 2.71. The summed E-state index contributed by atoms with van der Waals surface area (Å²) in [4.78, 5) is 39.2. The number of rotatable bonds is 8. The molecule has 45 heavy (non-hydrogen) atoms. The molecule has 2 fully saturated rings. The number of esters is 1. The Bertz CT molecular complexity index is 1600. The summed E-state index contributed by atoms with van der Waals surface area (Å²) in [6, 6.07) is 15.9. The number of ether oxygens (including phenoxy) is 4. The molecule has 1 saturated heterocycles. The van der Waals surface area contributed by atoms with Crippen molar-refractivity contribution in [1.29, 1.82) is 0 Å². The predicted octanol–water partition coefficient (Wildman–Crippen LogP) is 5.34. The average molecular weight is 615 g/mol. The Morgan fingerprint density at radius 3 is 2.60 bits per heavy atom. The van der Waals surface area contributed by atoms with Crippen molar-refractivity contribution < 1.29 is 28.5 Å². The van der Waals surface area contributed by atoms with Crippen molar-refractivity contribution in [3.63, 3.8) is 0 Å². The number of hydrogen-bond donors (Lipinski definition) is 0. The zero-order valence-electron chi connectivity index (χ0n) is 27.0. The molecule has 10 heteroatoms. The number of piperidine rings is 1. The van der Waals surface area contributed by atoms with Crippen LogP contribution in [0, 0.1) is 18.3 Å². The molecule has 2 aromatic heterocycles. The minimum Gasteiger partial charge on any atom is -0.486 e. The van der Waals surface area contributed by atoms with Gasteiger partial charge in [0.1, 0.15) is 23.8 Å². The van der Waals surface area contributed by atoms with E-state index in [1.807, 2.05) is 76.2 Å². The van der Waals surface area contributed by atoms with E-state index >= 15 is 0 Å². The Hall–Kier alpha value is -4.18. The van der Waals surface area contributed by atoms with Crippen molar-refractivity contribution in [2.24, 2.45) is 11.3 Å². The zero-order chi connectivity index (χ0) is 31.9. The molecule has 1 saturated carbocycles. The Kier molecular flexibility index (Phi) is 8.20. The van der Waals surface area contributed by atoms with E-state index in [1.165, 1.54) is 7.11 Å². The molecule has 0 unspecified atom stereocenters. The summed E-state index contributed by atoms with van der Waals surface area (Å²) in [6.07, 6.45) is 1.18. The number of fused-ring (bicyclic) bond motifs is 2. The van der Waals surface area contributed by atoms with Crippen molar-refractivity contribution in [1.82, 2.24) is 14.9 Å². The summed E-state index contributed by atoms with van der Waals surface area (Å²) in [5.41, 5.74) is 4.43. The second kappa shape index (κ2) is 12.0. The van der Waals surface area contributed by atoms with Gasteiger partial charge >= 0.3 is 12.1 Å². The van der Waals surface area contributed by atoms with Gasteiger partial charge in [0.2, 0.25) is 0 Å². The summed E-state index contributed by atoms with van der Waals surface area (Å²) in [5, 5.41) is 0. The van der Waals surface area contributed by atoms with Crippen molar-refractivity contribution in [3.05, 3.63) is 71.0 Å². The van der Waals surface area contributed by atoms with E-state index in [2.05, 4.69) is 4.90 Å². The highest BCUT2D eigenvalue weighted by atomic mass is 16.6. The lowest BCUT2D eigenvalue weighted by Gasteiger charge is -2.31. The van der Waals surface area contributed by atoms with E-state index < -0.39 is 11.0 Å². The number of benzene rings is 1. The minimum atomic E-state index is -0.532. The number of anilines is 1. The Labute approximate surface area is 264 Å². The molecule has 3 aromatic rings. The number of aryl methyl sites for hydroxylation is 1. The van der Waals surface area contributed by atoms with Crippen LogP contribution in [0.4, 0.5) is 10.6 Å². The van der Waals surface area contributed by atoms with Crippen LogP contribution in [0.2, 0.25) is 0 Å². The summed E-state index contributed by atoms with van der Waals surface area (Å²) >= 11 is 0. The predicted molar refractivity (Wildman–Crippen MR) is 169 cm³/mol. The van der Waals surface area contributed by atoms with E-state index in [0.29, 0.717) is 32.7 Å². The van der Waals surface area contributed by atoms with Crippen LogP contribution in [-0.4, -0.2) is 72.5 Å². The Balaban J connectivity index is 1.19. The summed E-state index contributed by atoms with van der Waals surface area (Å²) in [7, 11) is 3.12. The molecule has 1 aliphatic carbocycles. The van der Waals surface area contributed by atoms with Crippen LogP contribution in [0.25, 0.3) is 11.3 Å². The Morgan fingerprint density at radius 1 is 1.04 bits per heavy atom. The van der Waals surface area contributed by atoms with Gasteiger partial charge in [-0.2, -0.15) is 0 Å². The lowest BCUT2D eigenvalue weighted by molar-refractivity contribution is -0.148. The summed E-state index contributed by atoms with van der Waals surface area (Å²) in [5.74, 6) is 1.62. The van der Waals surface area contributed by atoms with Crippen LogP contribution >= 0.6 is 0 Å². The van der Waals surface area contributed by atoms with E-state index in [9.17, 15) is 9.59 Å². The highest BCUT2D eigenvalue weighted by molar-refractivity contribution is 5.84. The molecular formula is C35H42N4O6. The Morgan fingerprint density at radius 2 is 1.84 bits per heavy atom. The molecular weight excluding hydrogens is 572 g/mol. The van der Waals surface area contributed by atoms with Crippen molar-refractivity contribution >= 4 is 17.9 Å². The maximum absolute atomic E-state index is 12.8. The number of nitrogens with zero attached hydrogens (tertiary/aromatic N) is 4. The van der Waals surface area contributed by atoms with Gasteiger partial charge in [-0.15, -0.1) is 0 Å². The van der Waals surface area contributed by atoms with E-state index in [4.69, 9.17) is 28.9 Å². The van der Waals surface area contributed by atoms with Crippen LogP contribution in [0.15, 0.2) is 48.5 Å². The zero-order valence-corrected chi connectivity index (χ0v) is 27.0. The second-order valence-electron chi connectivity index (χ2n) is 13.2. The van der Waals surface area contributed by atoms with Crippen LogP contribution in [0.3, 0.4) is 0 Å². The van der Waals surface area contributed by atoms with E-state index in [0.717, 1.165) is 58.3 Å². The molecule has 1 aromatic carbocycles. The normalized spacial score (nSPS) is 22.0. The smallest absolute Gasteiger partial charge is 0.410 e. The van der Waals surface area contributed by atoms with E-state index in [-0.39, 0.29) is 24.0 Å². The number of methoxy groups -OCH3 is 2. The number of carbonyl (C=O) groups excluding carboxylic acids is 2. The SMILES string of the molecule is COC[C@H]1N(c2cccc(-c3cccc(C)c3OCc3ccc4c(n3)CCN(C(=O)OC(C)(C)C)C4)n2)C[C@@H]2C[C@@]21C(=O)OC. The van der Waals surface area contributed by atoms with Gasteiger partial charge in [0, 0.05) is 37.9 Å². The van der Waals surface area contributed by atoms with Crippen molar-refractivity contribution in [3.8, 4) is 17.0 Å². The molecule has 238 valence electrons. The molecule has 3 aliphatic rings. The molecule has 0 radical (unpaired) electrons. The number of carbonyl (C=O) groups is 2. The van der Waals surface area contributed by atoms with Crippen LogP contribution in [0.1, 0.15) is 49.7 Å². The largest absolute Gasteiger partial charge is 0.486 e. The maximum atomic E-state index is 12.8. The first-order valence-electron chi connectivity index (χ1n) is 15.5. The van der Waals surface area contributed by atoms with Crippen LogP contribution < -0.4 is 9.64 Å². The first-order chi connectivity index (χ1) is 21.5. The fourth-order valence-electron chi connectivity index (χ4n) is 6.80. The lowest BCUT2D eigenvalue weighted by atomic mass is 9.96. The number of aromatic nitrogens is 2. The fourth-order valence-corrected chi connectivity index (χ4v) is 6.80. The van der Waals surface area contributed by atoms with Gasteiger partial charge in [-0.1, -0.05) is 24.3 Å². The quantitative estimate of drug-likeness (QED) is 0.311. The van der Waals surface area contributed by atoms with Crippen LogP contribution in [0.5, 0.6) is 5.75 Å². The van der Waals surface area contributed by atoms with Gasteiger partial charge in [-0.05, 0) is 75.4 Å². The summed E-state index contributed by atoms with van der Waals surface area (Å²) in [6.45, 7) is 10.1. The topological polar surface area (TPSA) is 103 Å². The third kappa shape index (κ3) is 5.95. The monoisotopic (exact) mass is 614 g/mol. The lowest BCUT2D eigenvalue weighted by Crippen LogP contribution is -2.44. The maximum Gasteiger partial charge on any atom is 0.410 e. The standard InChI is InChI=1S/C35H42N4O6/c1-22-9-7-10-26(28-11-8-12-30(37-28)39-19-24-17-35(24,32(40)43-6)29(39)21-42-5)31(22)44-20-25-14-13-23-18-38(16-15-27(23)36-25)33(41)45-34(2,3)4/h7-14,24,29H,15-21H2,1-6H3/t24-,29+,35+/m0/s1. The third-order valence-corrected chi connectivity index (χ3v) is 9.07. The molecule has 6 rings (SSSR count). The van der Waals surface area contributed by atoms with Gasteiger partial charge in [-0.25, -0.2) is 9.78 Å². The molecule has 3 atom stereocenters. The molecule has 1 amide bonds. The first kappa shape index (κ1) is 30.8. The third-order valence-electron chi connectivity index (χ3n) is 9.07. The van der Waals surface area contributed by atoms with Gasteiger partial charge in [0.05, 0.1) is 43.1 Å². The number of hydrogen-bond acceptors (Lipinski definition) is 9. The molecule has 2 aliphatic heterocycles. The van der Waals surface area contributed by atoms with Gasteiger partial charge in [-0.3, -0.25) is 9.78 Å². The number of amides is 1. The number of para-hydroxylation sites is 1. The van der Waals surface area contributed by atoms with Gasteiger partial charge in [0.25, 0.3) is 0 Å². The van der Waals surface area contributed by atoms with Crippen molar-refractivity contribution in [2.45, 2.75) is 65.3 Å². The average Bonchev–Trinajstić information content (AvgIpc) is 3.66. The van der Waals surface area contributed by atoms with E-state index in [1.54, 1.807) is 12.0 Å². The molecule has 0 N–H and O–H groups in total. The number of pyridine rings is 2. The fraction of sp³-hybridized carbons (Fsp3) is 0.486. The first-order valence-corrected chi connectivity index (χ1v) is 15.5. The molecule has 10 nitrogen and oxygen atoms in total. The van der Waals surface area contributed by atoms with Crippen molar-refractivity contribution in [2.75, 3.05) is 38.8 Å². The molecule has 0 bridgehead atoms. The molecule has 0 spiro atoms. The molecule has 4 heterocycles. The second-order valence-corrected chi connectivity index (χ2v) is 13.2. The summed E-state index contributed by atoms with van der Waals surface area (Å²) < 4.78 is 22.8.